The lowest BCUT2D eigenvalue weighted by atomic mass is 10.1. The fourth-order valence-corrected chi connectivity index (χ4v) is 2.77. The number of hydrogen-bond donors (Lipinski definition) is 1. The fraction of sp³-hybridized carbons (Fsp3) is 0.381. The van der Waals surface area contributed by atoms with Crippen LogP contribution in [0.15, 0.2) is 36.4 Å². The molecule has 0 atom stereocenters. The van der Waals surface area contributed by atoms with E-state index in [9.17, 15) is 9.18 Å². The second-order valence-electron chi connectivity index (χ2n) is 6.66. The number of hydrogen-bond acceptors (Lipinski definition) is 3. The molecule has 6 heteroatoms. The second kappa shape index (κ2) is 10.2. The standard InChI is InChI=1S/C21H25ClFNO3/c1-14(2)8-10-27-20-18(22)12-16(13-19(20)26-3)21(25)24-9-7-15-5-4-6-17(23)11-15/h4-6,11-14H,7-10H2,1-3H3,(H,24,25). The zero-order valence-electron chi connectivity index (χ0n) is 15.9. The molecule has 27 heavy (non-hydrogen) atoms. The van der Waals surface area contributed by atoms with Gasteiger partial charge in [0.2, 0.25) is 0 Å². The number of rotatable bonds is 9. The molecule has 0 unspecified atom stereocenters. The van der Waals surface area contributed by atoms with Crippen molar-refractivity contribution in [2.75, 3.05) is 20.3 Å². The number of amides is 1. The summed E-state index contributed by atoms with van der Waals surface area (Å²) in [5.74, 6) is 0.805. The molecule has 0 aliphatic carbocycles. The Morgan fingerprint density at radius 3 is 2.70 bits per heavy atom. The lowest BCUT2D eigenvalue weighted by molar-refractivity contribution is 0.0953. The number of carbonyl (C=O) groups is 1. The molecule has 0 spiro atoms. The first-order valence-corrected chi connectivity index (χ1v) is 9.31. The van der Waals surface area contributed by atoms with Crippen LogP contribution >= 0.6 is 11.6 Å². The van der Waals surface area contributed by atoms with Gasteiger partial charge in [0.05, 0.1) is 18.7 Å². The van der Waals surface area contributed by atoms with E-state index in [2.05, 4.69) is 19.2 Å². The van der Waals surface area contributed by atoms with Crippen LogP contribution in [0.5, 0.6) is 11.5 Å². The molecule has 0 radical (unpaired) electrons. The van der Waals surface area contributed by atoms with E-state index in [0.29, 0.717) is 47.6 Å². The summed E-state index contributed by atoms with van der Waals surface area (Å²) in [7, 11) is 1.51. The Morgan fingerprint density at radius 1 is 1.26 bits per heavy atom. The van der Waals surface area contributed by atoms with E-state index in [0.717, 1.165) is 12.0 Å². The molecule has 0 aromatic heterocycles. The van der Waals surface area contributed by atoms with Crippen LogP contribution in [0.25, 0.3) is 0 Å². The topological polar surface area (TPSA) is 47.6 Å². The van der Waals surface area contributed by atoms with Gasteiger partial charge in [-0.15, -0.1) is 0 Å². The summed E-state index contributed by atoms with van der Waals surface area (Å²) >= 11 is 6.29. The van der Waals surface area contributed by atoms with Gasteiger partial charge in [-0.25, -0.2) is 4.39 Å². The normalized spacial score (nSPS) is 10.7. The van der Waals surface area contributed by atoms with Crippen LogP contribution < -0.4 is 14.8 Å². The van der Waals surface area contributed by atoms with Gasteiger partial charge < -0.3 is 14.8 Å². The predicted octanol–water partition coefficient (Wildman–Crippen LogP) is 4.89. The van der Waals surface area contributed by atoms with Crippen molar-refractivity contribution in [1.82, 2.24) is 5.32 Å². The summed E-state index contributed by atoms with van der Waals surface area (Å²) < 4.78 is 24.2. The van der Waals surface area contributed by atoms with Gasteiger partial charge in [0.15, 0.2) is 11.5 Å². The molecule has 0 aliphatic heterocycles. The summed E-state index contributed by atoms with van der Waals surface area (Å²) in [5, 5.41) is 3.13. The van der Waals surface area contributed by atoms with Crippen LogP contribution in [0.3, 0.4) is 0 Å². The maximum absolute atomic E-state index is 13.2. The molecule has 1 amide bonds. The van der Waals surface area contributed by atoms with Gasteiger partial charge in [-0.2, -0.15) is 0 Å². The van der Waals surface area contributed by atoms with Crippen molar-refractivity contribution in [3.8, 4) is 11.5 Å². The number of benzene rings is 2. The third-order valence-corrected chi connectivity index (χ3v) is 4.30. The minimum atomic E-state index is -0.289. The number of ether oxygens (including phenoxy) is 2. The van der Waals surface area contributed by atoms with Crippen molar-refractivity contribution in [1.29, 1.82) is 0 Å². The lowest BCUT2D eigenvalue weighted by Crippen LogP contribution is -2.25. The summed E-state index contributed by atoms with van der Waals surface area (Å²) in [6.45, 7) is 5.13. The molecule has 0 bridgehead atoms. The lowest BCUT2D eigenvalue weighted by Gasteiger charge is -2.15. The highest BCUT2D eigenvalue weighted by Crippen LogP contribution is 2.36. The first-order chi connectivity index (χ1) is 12.9. The molecule has 2 aromatic rings. The van der Waals surface area contributed by atoms with Gasteiger partial charge in [-0.1, -0.05) is 37.6 Å². The van der Waals surface area contributed by atoms with Crippen LogP contribution in [-0.2, 0) is 6.42 Å². The van der Waals surface area contributed by atoms with Crippen LogP contribution in [0.2, 0.25) is 5.02 Å². The molecule has 0 fully saturated rings. The fourth-order valence-electron chi connectivity index (χ4n) is 2.50. The van der Waals surface area contributed by atoms with Gasteiger partial charge in [0, 0.05) is 12.1 Å². The highest BCUT2D eigenvalue weighted by atomic mass is 35.5. The molecule has 146 valence electrons. The molecule has 0 aliphatic rings. The minimum absolute atomic E-state index is 0.277. The third kappa shape index (κ3) is 6.43. The Bertz CT molecular complexity index is 780. The van der Waals surface area contributed by atoms with E-state index in [1.807, 2.05) is 6.07 Å². The second-order valence-corrected chi connectivity index (χ2v) is 7.06. The van der Waals surface area contributed by atoms with E-state index in [-0.39, 0.29) is 11.7 Å². The van der Waals surface area contributed by atoms with Gasteiger partial charge >= 0.3 is 0 Å². The van der Waals surface area contributed by atoms with E-state index >= 15 is 0 Å². The quantitative estimate of drug-likeness (QED) is 0.660. The zero-order chi connectivity index (χ0) is 19.8. The van der Waals surface area contributed by atoms with Crippen molar-refractivity contribution in [2.24, 2.45) is 5.92 Å². The summed E-state index contributed by atoms with van der Waals surface area (Å²) in [5.41, 5.74) is 1.20. The summed E-state index contributed by atoms with van der Waals surface area (Å²) in [6.07, 6.45) is 1.42. The number of carbonyl (C=O) groups excluding carboxylic acids is 1. The Kier molecular flexibility index (Phi) is 7.92. The molecule has 2 aromatic carbocycles. The third-order valence-electron chi connectivity index (χ3n) is 4.02. The zero-order valence-corrected chi connectivity index (χ0v) is 16.6. The Morgan fingerprint density at radius 2 is 2.04 bits per heavy atom. The van der Waals surface area contributed by atoms with Gasteiger partial charge in [0.1, 0.15) is 5.82 Å². The van der Waals surface area contributed by atoms with Crippen LogP contribution in [0.4, 0.5) is 4.39 Å². The highest BCUT2D eigenvalue weighted by molar-refractivity contribution is 6.32. The Labute approximate surface area is 164 Å². The molecule has 4 nitrogen and oxygen atoms in total. The van der Waals surface area contributed by atoms with Crippen molar-refractivity contribution < 1.29 is 18.7 Å². The molecule has 0 saturated heterocycles. The number of methoxy groups -OCH3 is 1. The first-order valence-electron chi connectivity index (χ1n) is 8.93. The maximum Gasteiger partial charge on any atom is 0.251 e. The van der Waals surface area contributed by atoms with Crippen molar-refractivity contribution in [3.05, 3.63) is 58.4 Å². The predicted molar refractivity (Wildman–Crippen MR) is 105 cm³/mol. The molecular weight excluding hydrogens is 369 g/mol. The monoisotopic (exact) mass is 393 g/mol. The van der Waals surface area contributed by atoms with Crippen LogP contribution in [-0.4, -0.2) is 26.2 Å². The molecular formula is C21H25ClFNO3. The highest BCUT2D eigenvalue weighted by Gasteiger charge is 2.16. The summed E-state index contributed by atoms with van der Waals surface area (Å²) in [6, 6.07) is 9.48. The van der Waals surface area contributed by atoms with Crippen molar-refractivity contribution in [2.45, 2.75) is 26.7 Å². The average molecular weight is 394 g/mol. The minimum Gasteiger partial charge on any atom is -0.493 e. The van der Waals surface area contributed by atoms with E-state index in [4.69, 9.17) is 21.1 Å². The smallest absolute Gasteiger partial charge is 0.251 e. The Hall–Kier alpha value is -2.27. The average Bonchev–Trinajstić information content (AvgIpc) is 2.62. The van der Waals surface area contributed by atoms with E-state index in [1.54, 1.807) is 18.2 Å². The van der Waals surface area contributed by atoms with Gasteiger partial charge in [-0.05, 0) is 48.6 Å². The van der Waals surface area contributed by atoms with Crippen molar-refractivity contribution in [3.63, 3.8) is 0 Å². The molecule has 0 heterocycles. The van der Waals surface area contributed by atoms with Crippen LogP contribution in [0, 0.1) is 11.7 Å². The number of nitrogens with one attached hydrogen (secondary N) is 1. The largest absolute Gasteiger partial charge is 0.493 e. The maximum atomic E-state index is 13.2. The van der Waals surface area contributed by atoms with Crippen LogP contribution in [0.1, 0.15) is 36.2 Å². The van der Waals surface area contributed by atoms with E-state index < -0.39 is 0 Å². The van der Waals surface area contributed by atoms with Crippen molar-refractivity contribution >= 4 is 17.5 Å². The Balaban J connectivity index is 2.00. The molecule has 0 saturated carbocycles. The van der Waals surface area contributed by atoms with Gasteiger partial charge in [-0.3, -0.25) is 4.79 Å². The molecule has 2 rings (SSSR count). The SMILES string of the molecule is COc1cc(C(=O)NCCc2cccc(F)c2)cc(Cl)c1OCCC(C)C. The molecule has 1 N–H and O–H groups in total. The van der Waals surface area contributed by atoms with Gasteiger partial charge in [0.25, 0.3) is 5.91 Å². The van der Waals surface area contributed by atoms with E-state index in [1.165, 1.54) is 19.2 Å². The summed E-state index contributed by atoms with van der Waals surface area (Å²) in [4.78, 5) is 12.4. The first kappa shape index (κ1) is 21.0. The number of halogens is 2.